The molecule has 6 nitrogen and oxygen atoms in total. The van der Waals surface area contributed by atoms with Crippen LogP contribution in [0, 0.1) is 0 Å². The Kier molecular flexibility index (Phi) is 3.14. The molecule has 20 heavy (non-hydrogen) atoms. The second-order valence-electron chi connectivity index (χ2n) is 4.85. The molecule has 3 rings (SSSR count). The summed E-state index contributed by atoms with van der Waals surface area (Å²) in [6.45, 7) is 0.538. The van der Waals surface area contributed by atoms with Crippen molar-refractivity contribution in [3.05, 3.63) is 35.9 Å². The fourth-order valence-electron chi connectivity index (χ4n) is 2.57. The van der Waals surface area contributed by atoms with Crippen molar-refractivity contribution in [3.63, 3.8) is 0 Å². The molecule has 2 fully saturated rings. The average molecular weight is 274 g/mol. The normalized spacial score (nSPS) is 25.1. The number of hydrogen-bond donors (Lipinski definition) is 1. The van der Waals surface area contributed by atoms with Gasteiger partial charge >= 0.3 is 5.97 Å². The number of esters is 1. The third-order valence-corrected chi connectivity index (χ3v) is 3.57. The van der Waals surface area contributed by atoms with Gasteiger partial charge in [-0.15, -0.1) is 0 Å². The van der Waals surface area contributed by atoms with Crippen LogP contribution < -0.4 is 5.32 Å². The van der Waals surface area contributed by atoms with Crippen LogP contribution in [-0.4, -0.2) is 41.5 Å². The number of fused-ring (bicyclic) bond motifs is 1. The molecule has 2 aliphatic rings. The molecule has 0 saturated carbocycles. The zero-order valence-corrected chi connectivity index (χ0v) is 10.7. The van der Waals surface area contributed by atoms with Gasteiger partial charge in [-0.05, 0) is 25.0 Å². The summed E-state index contributed by atoms with van der Waals surface area (Å²) in [5, 5.41) is 2.47. The second kappa shape index (κ2) is 4.96. The topological polar surface area (TPSA) is 75.7 Å². The van der Waals surface area contributed by atoms with E-state index in [9.17, 15) is 14.4 Å². The predicted molar refractivity (Wildman–Crippen MR) is 68.5 cm³/mol. The van der Waals surface area contributed by atoms with Crippen molar-refractivity contribution in [2.24, 2.45) is 0 Å². The van der Waals surface area contributed by atoms with Crippen LogP contribution in [0.1, 0.15) is 23.2 Å². The van der Waals surface area contributed by atoms with Gasteiger partial charge in [0.1, 0.15) is 6.04 Å². The van der Waals surface area contributed by atoms with Gasteiger partial charge in [0.25, 0.3) is 12.1 Å². The van der Waals surface area contributed by atoms with Crippen LogP contribution in [0.2, 0.25) is 0 Å². The van der Waals surface area contributed by atoms with Gasteiger partial charge in [-0.3, -0.25) is 9.59 Å². The van der Waals surface area contributed by atoms with E-state index in [-0.39, 0.29) is 11.8 Å². The third-order valence-electron chi connectivity index (χ3n) is 3.57. The van der Waals surface area contributed by atoms with Crippen LogP contribution in [0.15, 0.2) is 30.3 Å². The first-order chi connectivity index (χ1) is 9.66. The molecule has 0 bridgehead atoms. The minimum atomic E-state index is -1.22. The Labute approximate surface area is 115 Å². The van der Waals surface area contributed by atoms with E-state index in [2.05, 4.69) is 5.32 Å². The van der Waals surface area contributed by atoms with Gasteiger partial charge in [0, 0.05) is 6.54 Å². The van der Waals surface area contributed by atoms with E-state index in [4.69, 9.17) is 4.74 Å². The Balaban J connectivity index is 1.73. The molecule has 2 atom stereocenters. The van der Waals surface area contributed by atoms with Gasteiger partial charge in [0.2, 0.25) is 5.91 Å². The summed E-state index contributed by atoms with van der Waals surface area (Å²) in [6, 6.07) is 7.96. The number of nitrogens with zero attached hydrogens (tertiary/aromatic N) is 1. The minimum absolute atomic E-state index is 0.257. The van der Waals surface area contributed by atoms with Gasteiger partial charge in [-0.2, -0.15) is 0 Å². The Hall–Kier alpha value is -2.37. The lowest BCUT2D eigenvalue weighted by molar-refractivity contribution is -0.156. The zero-order chi connectivity index (χ0) is 14.1. The minimum Gasteiger partial charge on any atom is -0.428 e. The van der Waals surface area contributed by atoms with E-state index in [1.54, 1.807) is 30.3 Å². The molecule has 2 saturated heterocycles. The molecule has 0 radical (unpaired) electrons. The van der Waals surface area contributed by atoms with E-state index in [1.807, 2.05) is 0 Å². The van der Waals surface area contributed by atoms with Crippen molar-refractivity contribution >= 4 is 17.8 Å². The first kappa shape index (κ1) is 12.7. The van der Waals surface area contributed by atoms with Gasteiger partial charge in [0.15, 0.2) is 0 Å². The largest absolute Gasteiger partial charge is 0.428 e. The fourth-order valence-corrected chi connectivity index (χ4v) is 2.57. The number of carbonyl (C=O) groups excluding carboxylic acids is 3. The zero-order valence-electron chi connectivity index (χ0n) is 10.7. The SMILES string of the molecule is O=C(OC1NC(=O)C2CCCN2C1=O)c1ccccc1. The standard InChI is InChI=1S/C14H14N2O4/c17-11-10-7-4-8-16(10)13(18)12(15-11)20-14(19)9-5-2-1-3-6-9/h1-3,5-6,10,12H,4,7-8H2,(H,15,17). The molecular formula is C14H14N2O4. The summed E-state index contributed by atoms with van der Waals surface area (Å²) < 4.78 is 5.11. The molecule has 2 heterocycles. The van der Waals surface area contributed by atoms with Crippen LogP contribution in [0.5, 0.6) is 0 Å². The number of rotatable bonds is 2. The smallest absolute Gasteiger partial charge is 0.340 e. The van der Waals surface area contributed by atoms with Gasteiger partial charge in [-0.1, -0.05) is 18.2 Å². The van der Waals surface area contributed by atoms with Crippen LogP contribution in [0.25, 0.3) is 0 Å². The summed E-state index contributed by atoms with van der Waals surface area (Å²) in [5.74, 6) is -1.23. The maximum atomic E-state index is 12.2. The number of hydrogen-bond acceptors (Lipinski definition) is 4. The Morgan fingerprint density at radius 2 is 2.00 bits per heavy atom. The Bertz CT molecular complexity index is 558. The van der Waals surface area contributed by atoms with E-state index < -0.39 is 18.2 Å². The van der Waals surface area contributed by atoms with Gasteiger partial charge in [-0.25, -0.2) is 4.79 Å². The van der Waals surface area contributed by atoms with E-state index in [0.29, 0.717) is 18.5 Å². The maximum absolute atomic E-state index is 12.2. The lowest BCUT2D eigenvalue weighted by Gasteiger charge is -2.33. The first-order valence-corrected chi connectivity index (χ1v) is 6.54. The van der Waals surface area contributed by atoms with Crippen molar-refractivity contribution in [2.45, 2.75) is 25.1 Å². The molecule has 2 aliphatic heterocycles. The van der Waals surface area contributed by atoms with Crippen molar-refractivity contribution < 1.29 is 19.1 Å². The molecule has 0 spiro atoms. The number of carbonyl (C=O) groups is 3. The van der Waals surface area contributed by atoms with Crippen molar-refractivity contribution in [2.75, 3.05) is 6.54 Å². The summed E-state index contributed by atoms with van der Waals surface area (Å²) in [4.78, 5) is 37.4. The molecule has 6 heteroatoms. The number of benzene rings is 1. The van der Waals surface area contributed by atoms with Crippen molar-refractivity contribution in [3.8, 4) is 0 Å². The highest BCUT2D eigenvalue weighted by Gasteiger charge is 2.44. The van der Waals surface area contributed by atoms with Crippen LogP contribution in [0.4, 0.5) is 0 Å². The molecule has 2 amide bonds. The highest BCUT2D eigenvalue weighted by atomic mass is 16.6. The third kappa shape index (κ3) is 2.13. The molecule has 1 aromatic carbocycles. The average Bonchev–Trinajstić information content (AvgIpc) is 2.95. The number of ether oxygens (including phenoxy) is 1. The fraction of sp³-hybridized carbons (Fsp3) is 0.357. The molecule has 2 unspecified atom stereocenters. The van der Waals surface area contributed by atoms with Gasteiger partial charge in [0.05, 0.1) is 5.56 Å². The van der Waals surface area contributed by atoms with E-state index >= 15 is 0 Å². The van der Waals surface area contributed by atoms with Crippen molar-refractivity contribution in [1.29, 1.82) is 0 Å². The van der Waals surface area contributed by atoms with Crippen molar-refractivity contribution in [1.82, 2.24) is 10.2 Å². The van der Waals surface area contributed by atoms with Crippen LogP contribution in [0.3, 0.4) is 0 Å². The molecular weight excluding hydrogens is 260 g/mol. The summed E-state index contributed by atoms with van der Waals surface area (Å²) in [7, 11) is 0. The lowest BCUT2D eigenvalue weighted by atomic mass is 10.1. The van der Waals surface area contributed by atoms with Crippen LogP contribution in [-0.2, 0) is 14.3 Å². The number of piperazine rings is 1. The molecule has 104 valence electrons. The highest BCUT2D eigenvalue weighted by Crippen LogP contribution is 2.22. The van der Waals surface area contributed by atoms with Gasteiger partial charge < -0.3 is 15.0 Å². The number of amides is 2. The molecule has 0 aliphatic carbocycles. The Morgan fingerprint density at radius 1 is 1.25 bits per heavy atom. The lowest BCUT2D eigenvalue weighted by Crippen LogP contribution is -2.62. The monoisotopic (exact) mass is 274 g/mol. The number of nitrogens with one attached hydrogen (secondary N) is 1. The Morgan fingerprint density at radius 3 is 2.75 bits per heavy atom. The quantitative estimate of drug-likeness (QED) is 0.786. The molecule has 0 aromatic heterocycles. The van der Waals surface area contributed by atoms with E-state index in [0.717, 1.165) is 6.42 Å². The predicted octanol–water partition coefficient (Wildman–Crippen LogP) is 0.290. The summed E-state index contributed by atoms with van der Waals surface area (Å²) in [6.07, 6.45) is 0.240. The second-order valence-corrected chi connectivity index (χ2v) is 4.85. The summed E-state index contributed by atoms with van der Waals surface area (Å²) >= 11 is 0. The van der Waals surface area contributed by atoms with Crippen LogP contribution >= 0.6 is 0 Å². The first-order valence-electron chi connectivity index (χ1n) is 6.54. The van der Waals surface area contributed by atoms with E-state index in [1.165, 1.54) is 4.90 Å². The highest BCUT2D eigenvalue weighted by molar-refractivity contribution is 5.99. The maximum Gasteiger partial charge on any atom is 0.340 e. The summed E-state index contributed by atoms with van der Waals surface area (Å²) in [5.41, 5.74) is 0.345. The molecule has 1 N–H and O–H groups in total. The molecule has 1 aromatic rings.